The predicted molar refractivity (Wildman–Crippen MR) is 106 cm³/mol. The van der Waals surface area contributed by atoms with Crippen LogP contribution in [0.2, 0.25) is 0 Å². The smallest absolute Gasteiger partial charge is 0.160 e. The van der Waals surface area contributed by atoms with Gasteiger partial charge in [0.2, 0.25) is 0 Å². The van der Waals surface area contributed by atoms with E-state index in [1.807, 2.05) is 6.07 Å². The van der Waals surface area contributed by atoms with Crippen LogP contribution in [-0.2, 0) is 12.8 Å². The van der Waals surface area contributed by atoms with Gasteiger partial charge in [-0.1, -0.05) is 36.4 Å². The maximum absolute atomic E-state index is 5.40. The highest BCUT2D eigenvalue weighted by molar-refractivity contribution is 5.42. The lowest BCUT2D eigenvalue weighted by atomic mass is 10.1. The molecule has 1 saturated heterocycles. The highest BCUT2D eigenvalue weighted by Crippen LogP contribution is 2.27. The lowest BCUT2D eigenvalue weighted by Crippen LogP contribution is -2.47. The zero-order valence-electron chi connectivity index (χ0n) is 16.0. The molecule has 0 unspecified atom stereocenters. The van der Waals surface area contributed by atoms with Crippen molar-refractivity contribution in [2.24, 2.45) is 0 Å². The molecule has 2 aromatic rings. The summed E-state index contributed by atoms with van der Waals surface area (Å²) in [6.45, 7) is 6.90. The van der Waals surface area contributed by atoms with Gasteiger partial charge in [0, 0.05) is 39.3 Å². The number of piperazine rings is 1. The summed E-state index contributed by atoms with van der Waals surface area (Å²) in [5.74, 6) is 1.61. The molecule has 0 N–H and O–H groups in total. The highest BCUT2D eigenvalue weighted by Gasteiger charge is 2.16. The Morgan fingerprint density at radius 2 is 1.27 bits per heavy atom. The third-order valence-electron chi connectivity index (χ3n) is 5.19. The molecule has 0 aromatic heterocycles. The molecule has 1 aliphatic rings. The first-order chi connectivity index (χ1) is 12.8. The van der Waals surface area contributed by atoms with Gasteiger partial charge in [0.1, 0.15) is 0 Å². The summed E-state index contributed by atoms with van der Waals surface area (Å²) in [6.07, 6.45) is 2.19. The second kappa shape index (κ2) is 9.60. The summed E-state index contributed by atoms with van der Waals surface area (Å²) in [5.41, 5.74) is 2.73. The van der Waals surface area contributed by atoms with E-state index in [0.29, 0.717) is 0 Å². The van der Waals surface area contributed by atoms with Crippen LogP contribution in [0.5, 0.6) is 11.5 Å². The molecule has 0 bridgehead atoms. The van der Waals surface area contributed by atoms with Crippen molar-refractivity contribution in [3.8, 4) is 11.5 Å². The zero-order chi connectivity index (χ0) is 18.2. The van der Waals surface area contributed by atoms with Gasteiger partial charge in [0.05, 0.1) is 14.2 Å². The fraction of sp³-hybridized carbons (Fsp3) is 0.455. The molecule has 1 aliphatic heterocycles. The minimum absolute atomic E-state index is 0.795. The number of nitrogens with zero attached hydrogens (tertiary/aromatic N) is 2. The first-order valence-corrected chi connectivity index (χ1v) is 9.48. The van der Waals surface area contributed by atoms with Crippen molar-refractivity contribution in [2.45, 2.75) is 12.8 Å². The number of rotatable bonds is 8. The average molecular weight is 354 g/mol. The number of methoxy groups -OCH3 is 2. The molecule has 4 heteroatoms. The van der Waals surface area contributed by atoms with Gasteiger partial charge in [-0.2, -0.15) is 0 Å². The summed E-state index contributed by atoms with van der Waals surface area (Å²) in [6, 6.07) is 17.0. The van der Waals surface area contributed by atoms with Crippen LogP contribution in [0.15, 0.2) is 48.5 Å². The Morgan fingerprint density at radius 1 is 0.692 bits per heavy atom. The molecule has 0 spiro atoms. The Kier molecular flexibility index (Phi) is 6.92. The quantitative estimate of drug-likeness (QED) is 0.727. The highest BCUT2D eigenvalue weighted by atomic mass is 16.5. The minimum atomic E-state index is 0.795. The van der Waals surface area contributed by atoms with E-state index >= 15 is 0 Å². The molecule has 26 heavy (non-hydrogen) atoms. The topological polar surface area (TPSA) is 24.9 Å². The van der Waals surface area contributed by atoms with Gasteiger partial charge in [0.25, 0.3) is 0 Å². The Balaban J connectivity index is 1.40. The van der Waals surface area contributed by atoms with Crippen LogP contribution in [0.3, 0.4) is 0 Å². The number of hydrogen-bond donors (Lipinski definition) is 0. The summed E-state index contributed by atoms with van der Waals surface area (Å²) in [4.78, 5) is 5.15. The molecule has 1 heterocycles. The SMILES string of the molecule is COc1ccc(CCN2CCN(CCc3ccccc3)CC2)cc1OC. The summed E-state index contributed by atoms with van der Waals surface area (Å²) in [5, 5.41) is 0. The van der Waals surface area contributed by atoms with Crippen molar-refractivity contribution in [3.63, 3.8) is 0 Å². The van der Waals surface area contributed by atoms with Gasteiger partial charge >= 0.3 is 0 Å². The van der Waals surface area contributed by atoms with Gasteiger partial charge in [0.15, 0.2) is 11.5 Å². The number of hydrogen-bond acceptors (Lipinski definition) is 4. The lowest BCUT2D eigenvalue weighted by molar-refractivity contribution is 0.134. The molecule has 1 fully saturated rings. The molecule has 0 atom stereocenters. The summed E-state index contributed by atoms with van der Waals surface area (Å²) >= 11 is 0. The fourth-order valence-corrected chi connectivity index (χ4v) is 3.49. The van der Waals surface area contributed by atoms with Crippen LogP contribution in [0.25, 0.3) is 0 Å². The predicted octanol–water partition coefficient (Wildman–Crippen LogP) is 3.11. The van der Waals surface area contributed by atoms with Crippen LogP contribution in [-0.4, -0.2) is 63.3 Å². The standard InChI is InChI=1S/C22H30N2O2/c1-25-21-9-8-20(18-22(21)26-2)11-13-24-16-14-23(15-17-24)12-10-19-6-4-3-5-7-19/h3-9,18H,10-17H2,1-2H3. The van der Waals surface area contributed by atoms with Crippen molar-refractivity contribution < 1.29 is 9.47 Å². The zero-order valence-corrected chi connectivity index (χ0v) is 16.0. The van der Waals surface area contributed by atoms with Gasteiger partial charge in [-0.25, -0.2) is 0 Å². The van der Waals surface area contributed by atoms with Gasteiger partial charge in [-0.3, -0.25) is 0 Å². The van der Waals surface area contributed by atoms with E-state index in [1.165, 1.54) is 24.2 Å². The Morgan fingerprint density at radius 3 is 1.85 bits per heavy atom. The lowest BCUT2D eigenvalue weighted by Gasteiger charge is -2.34. The monoisotopic (exact) mass is 354 g/mol. The summed E-state index contributed by atoms with van der Waals surface area (Å²) in [7, 11) is 3.37. The third-order valence-corrected chi connectivity index (χ3v) is 5.19. The molecular weight excluding hydrogens is 324 g/mol. The van der Waals surface area contributed by atoms with E-state index in [9.17, 15) is 0 Å². The van der Waals surface area contributed by atoms with E-state index in [4.69, 9.17) is 9.47 Å². The van der Waals surface area contributed by atoms with Crippen LogP contribution < -0.4 is 9.47 Å². The Hall–Kier alpha value is -2.04. The molecule has 2 aromatic carbocycles. The molecule has 0 aliphatic carbocycles. The fourth-order valence-electron chi connectivity index (χ4n) is 3.49. The summed E-state index contributed by atoms with van der Waals surface area (Å²) < 4.78 is 10.7. The Bertz CT molecular complexity index is 667. The van der Waals surface area contributed by atoms with Gasteiger partial charge in [-0.05, 0) is 36.1 Å². The van der Waals surface area contributed by atoms with E-state index in [2.05, 4.69) is 52.3 Å². The van der Waals surface area contributed by atoms with Crippen molar-refractivity contribution in [1.29, 1.82) is 0 Å². The van der Waals surface area contributed by atoms with Crippen molar-refractivity contribution in [3.05, 3.63) is 59.7 Å². The molecule has 0 saturated carbocycles. The van der Waals surface area contributed by atoms with Crippen molar-refractivity contribution >= 4 is 0 Å². The maximum atomic E-state index is 5.40. The Labute approximate surface area is 157 Å². The number of ether oxygens (including phenoxy) is 2. The van der Waals surface area contributed by atoms with Crippen LogP contribution in [0, 0.1) is 0 Å². The van der Waals surface area contributed by atoms with E-state index in [0.717, 1.165) is 50.5 Å². The van der Waals surface area contributed by atoms with Gasteiger partial charge < -0.3 is 19.3 Å². The molecule has 0 radical (unpaired) electrons. The van der Waals surface area contributed by atoms with Crippen LogP contribution in [0.1, 0.15) is 11.1 Å². The van der Waals surface area contributed by atoms with Crippen molar-refractivity contribution in [2.75, 3.05) is 53.5 Å². The van der Waals surface area contributed by atoms with E-state index < -0.39 is 0 Å². The first kappa shape index (κ1) is 18.7. The van der Waals surface area contributed by atoms with Gasteiger partial charge in [-0.15, -0.1) is 0 Å². The molecule has 4 nitrogen and oxygen atoms in total. The van der Waals surface area contributed by atoms with E-state index in [1.54, 1.807) is 14.2 Å². The van der Waals surface area contributed by atoms with Crippen LogP contribution >= 0.6 is 0 Å². The minimum Gasteiger partial charge on any atom is -0.493 e. The largest absolute Gasteiger partial charge is 0.493 e. The molecule has 3 rings (SSSR count). The van der Waals surface area contributed by atoms with E-state index in [-0.39, 0.29) is 0 Å². The second-order valence-electron chi connectivity index (χ2n) is 6.86. The average Bonchev–Trinajstić information content (AvgIpc) is 2.72. The second-order valence-corrected chi connectivity index (χ2v) is 6.86. The van der Waals surface area contributed by atoms with Crippen LogP contribution in [0.4, 0.5) is 0 Å². The third kappa shape index (κ3) is 5.23. The normalized spacial score (nSPS) is 15.8. The maximum Gasteiger partial charge on any atom is 0.160 e. The molecular formula is C22H30N2O2. The molecule has 140 valence electrons. The molecule has 0 amide bonds. The number of benzene rings is 2. The first-order valence-electron chi connectivity index (χ1n) is 9.48. The van der Waals surface area contributed by atoms with Crippen molar-refractivity contribution in [1.82, 2.24) is 9.80 Å².